The molecule has 0 radical (unpaired) electrons. The quantitative estimate of drug-likeness (QED) is 0.227. The maximum Gasteiger partial charge on any atom is 1.00 e. The van der Waals surface area contributed by atoms with Gasteiger partial charge in [-0.2, -0.15) is 11.6 Å². The number of halogens is 1. The van der Waals surface area contributed by atoms with Gasteiger partial charge >= 0.3 is 51.4 Å². The molecule has 0 aromatic rings. The zero-order valence-electron chi connectivity index (χ0n) is 6.89. The Bertz CT molecular complexity index is 271. The normalized spacial score (nSPS) is 18.7. The third kappa shape index (κ3) is 3.51. The maximum atomic E-state index is 10.7. The van der Waals surface area contributed by atoms with Crippen LogP contribution in [0.2, 0.25) is 0 Å². The minimum absolute atomic E-state index is 0. The topological polar surface area (TPSA) is 41.5 Å². The molecule has 3 nitrogen and oxygen atoms in total. The Labute approximate surface area is 118 Å². The molecule has 0 fully saturated rings. The number of hydrazone groups is 1. The molecule has 0 aliphatic heterocycles. The van der Waals surface area contributed by atoms with Crippen molar-refractivity contribution in [3.8, 4) is 0 Å². The van der Waals surface area contributed by atoms with Crippen LogP contribution < -0.4 is 56.8 Å². The van der Waals surface area contributed by atoms with E-state index in [1.807, 2.05) is 0 Å². The van der Waals surface area contributed by atoms with E-state index in [1.165, 1.54) is 12.2 Å². The number of rotatable bonds is 1. The third-order valence-corrected chi connectivity index (χ3v) is 1.36. The Morgan fingerprint density at radius 2 is 2.33 bits per heavy atom. The largest absolute Gasteiger partial charge is 1.00 e. The van der Waals surface area contributed by atoms with E-state index in [1.54, 1.807) is 7.05 Å². The average Bonchev–Trinajstić information content (AvgIpc) is 1.98. The van der Waals surface area contributed by atoms with Crippen LogP contribution in [0.5, 0.6) is 0 Å². The van der Waals surface area contributed by atoms with Gasteiger partial charge in [-0.3, -0.25) is 0 Å². The third-order valence-electron chi connectivity index (χ3n) is 1.08. The fourth-order valence-corrected chi connectivity index (χ4v) is 0.805. The van der Waals surface area contributed by atoms with Crippen LogP contribution in [-0.4, -0.2) is 18.5 Å². The van der Waals surface area contributed by atoms with Gasteiger partial charge in [-0.1, -0.05) is 0 Å². The second-order valence-electron chi connectivity index (χ2n) is 1.87. The first-order valence-corrected chi connectivity index (χ1v) is 3.37. The minimum atomic E-state index is -0.304. The van der Waals surface area contributed by atoms with Crippen molar-refractivity contribution in [2.24, 2.45) is 5.10 Å². The molecule has 5 heteroatoms. The molecule has 0 unspecified atom stereocenters. The summed E-state index contributed by atoms with van der Waals surface area (Å²) in [6.07, 6.45) is 5.39. The Kier molecular flexibility index (Phi) is 6.35. The molecule has 1 aliphatic carbocycles. The van der Waals surface area contributed by atoms with Gasteiger partial charge in [0, 0.05) is 7.05 Å². The van der Waals surface area contributed by atoms with Crippen molar-refractivity contribution in [1.82, 2.24) is 5.43 Å². The predicted octanol–water partition coefficient (Wildman–Crippen LogP) is -2.37. The van der Waals surface area contributed by atoms with Gasteiger partial charge in [-0.05, 0) is 10.7 Å². The number of nitrogens with zero attached hydrogens (tertiary/aromatic N) is 1. The van der Waals surface area contributed by atoms with Crippen LogP contribution in [-0.2, 0) is 4.79 Å². The Hall–Kier alpha value is 0.546. The molecule has 0 saturated heterocycles. The van der Waals surface area contributed by atoms with Crippen LogP contribution >= 0.6 is 11.6 Å². The van der Waals surface area contributed by atoms with E-state index in [0.717, 1.165) is 0 Å². The number of hydrogen-bond acceptors (Lipinski definition) is 3. The molecule has 1 N–H and O–H groups in total. The van der Waals surface area contributed by atoms with E-state index in [0.29, 0.717) is 5.71 Å². The van der Waals surface area contributed by atoms with E-state index in [4.69, 9.17) is 11.6 Å². The first-order chi connectivity index (χ1) is 5.24. The molecule has 0 aromatic heterocycles. The number of carbonyl (C=O) groups excluding carboxylic acids is 1. The number of carbonyl (C=O) groups is 1. The molecule has 0 aromatic carbocycles. The summed E-state index contributed by atoms with van der Waals surface area (Å²) in [5, 5.41) is 3.94. The molecule has 12 heavy (non-hydrogen) atoms. The van der Waals surface area contributed by atoms with Crippen LogP contribution in [0, 0.1) is 6.08 Å². The first-order valence-electron chi connectivity index (χ1n) is 3.00. The van der Waals surface area contributed by atoms with Crippen LogP contribution in [0.4, 0.5) is 0 Å². The number of hydrogen-bond donors (Lipinski definition) is 1. The second kappa shape index (κ2) is 6.07. The maximum absolute atomic E-state index is 10.7. The standard InChI is InChI=1S/C7H6ClN2O.K/c1-9-10-5-2-3-7(11)6(8)4-5;/h2,4,9H,1H3;/q-1;+1/b10-5-;. The summed E-state index contributed by atoms with van der Waals surface area (Å²) in [7, 11) is 1.67. The van der Waals surface area contributed by atoms with Crippen molar-refractivity contribution in [3.05, 3.63) is 23.3 Å². The number of allylic oxidation sites excluding steroid dienone is 4. The summed E-state index contributed by atoms with van der Waals surface area (Å²) >= 11 is 5.52. The molecule has 0 heterocycles. The molecular formula is C7H6ClKN2O. The molecule has 0 amide bonds. The van der Waals surface area contributed by atoms with Gasteiger partial charge < -0.3 is 10.2 Å². The van der Waals surface area contributed by atoms with E-state index < -0.39 is 0 Å². The number of nitrogens with one attached hydrogen (secondary N) is 1. The zero-order valence-corrected chi connectivity index (χ0v) is 10.8. The first kappa shape index (κ1) is 12.5. The van der Waals surface area contributed by atoms with Crippen LogP contribution in [0.15, 0.2) is 22.3 Å². The summed E-state index contributed by atoms with van der Waals surface area (Å²) in [6.45, 7) is 0. The van der Waals surface area contributed by atoms with Crippen LogP contribution in [0.1, 0.15) is 0 Å². The van der Waals surface area contributed by atoms with Gasteiger partial charge in [0.25, 0.3) is 0 Å². The van der Waals surface area contributed by atoms with Gasteiger partial charge in [0.15, 0.2) is 0 Å². The summed E-state index contributed by atoms with van der Waals surface area (Å²) in [4.78, 5) is 10.7. The Morgan fingerprint density at radius 1 is 1.67 bits per heavy atom. The van der Waals surface area contributed by atoms with Crippen molar-refractivity contribution in [2.75, 3.05) is 7.05 Å². The molecule has 58 valence electrons. The van der Waals surface area contributed by atoms with Gasteiger partial charge in [0.2, 0.25) is 0 Å². The van der Waals surface area contributed by atoms with Gasteiger partial charge in [-0.25, -0.2) is 5.10 Å². The van der Waals surface area contributed by atoms with Gasteiger partial charge in [0.1, 0.15) is 0 Å². The second-order valence-corrected chi connectivity index (χ2v) is 2.28. The Balaban J connectivity index is 0.00000121. The fourth-order valence-electron chi connectivity index (χ4n) is 0.639. The smallest absolute Gasteiger partial charge is 0.325 e. The van der Waals surface area contributed by atoms with E-state index >= 15 is 0 Å². The monoisotopic (exact) mass is 208 g/mol. The van der Waals surface area contributed by atoms with Crippen molar-refractivity contribution in [2.45, 2.75) is 0 Å². The molecule has 0 atom stereocenters. The van der Waals surface area contributed by atoms with E-state index in [2.05, 4.69) is 16.6 Å². The molecule has 0 spiro atoms. The predicted molar refractivity (Wildman–Crippen MR) is 43.3 cm³/mol. The van der Waals surface area contributed by atoms with E-state index in [-0.39, 0.29) is 62.2 Å². The summed E-state index contributed by atoms with van der Waals surface area (Å²) in [5.74, 6) is -0.304. The van der Waals surface area contributed by atoms with Crippen LogP contribution in [0.3, 0.4) is 0 Å². The number of ketones is 1. The van der Waals surface area contributed by atoms with Crippen molar-refractivity contribution >= 4 is 23.1 Å². The summed E-state index contributed by atoms with van der Waals surface area (Å²) in [5.41, 5.74) is 3.17. The number of Topliss-reactive ketones (excluding diaryl/α,β-unsaturated/α-hetero) is 1. The van der Waals surface area contributed by atoms with Crippen molar-refractivity contribution in [1.29, 1.82) is 0 Å². The zero-order chi connectivity index (χ0) is 8.27. The molecule has 0 saturated carbocycles. The SMILES string of the molecule is CN/N=C1/C=[C-]C(=O)C(Cl)=C1.[K+]. The van der Waals surface area contributed by atoms with E-state index in [9.17, 15) is 4.79 Å². The van der Waals surface area contributed by atoms with Gasteiger partial charge in [-0.15, -0.1) is 18.2 Å². The summed E-state index contributed by atoms with van der Waals surface area (Å²) < 4.78 is 0. The molecule has 1 aliphatic rings. The van der Waals surface area contributed by atoms with Gasteiger partial charge in [0.05, 0.1) is 5.78 Å². The molecule has 0 bridgehead atoms. The van der Waals surface area contributed by atoms with Crippen molar-refractivity contribution < 1.29 is 56.2 Å². The minimum Gasteiger partial charge on any atom is -0.325 e. The molecule has 1 rings (SSSR count). The molecular weight excluding hydrogens is 203 g/mol. The Morgan fingerprint density at radius 3 is 2.83 bits per heavy atom. The summed E-state index contributed by atoms with van der Waals surface area (Å²) in [6, 6.07) is 0. The van der Waals surface area contributed by atoms with Crippen molar-refractivity contribution in [3.63, 3.8) is 0 Å². The fraction of sp³-hybridized carbons (Fsp3) is 0.143. The van der Waals surface area contributed by atoms with Crippen LogP contribution in [0.25, 0.3) is 0 Å². The average molecular weight is 209 g/mol.